The van der Waals surface area contributed by atoms with Gasteiger partial charge in [0.25, 0.3) is 5.56 Å². The highest BCUT2D eigenvalue weighted by Gasteiger charge is 2.24. The number of aromatic nitrogens is 2. The molecule has 0 bridgehead atoms. The third-order valence-corrected chi connectivity index (χ3v) is 8.14. The van der Waals surface area contributed by atoms with Crippen molar-refractivity contribution in [3.05, 3.63) is 50.1 Å². The van der Waals surface area contributed by atoms with Crippen molar-refractivity contribution in [2.45, 2.75) is 18.1 Å². The third-order valence-electron chi connectivity index (χ3n) is 5.86. The Hall–Kier alpha value is -1.42. The van der Waals surface area contributed by atoms with Gasteiger partial charge in [0, 0.05) is 48.4 Å². The summed E-state index contributed by atoms with van der Waals surface area (Å²) in [5.41, 5.74) is 2.02. The average Bonchev–Trinajstić information content (AvgIpc) is 3.13. The maximum absolute atomic E-state index is 13.8. The number of morpholine rings is 1. The van der Waals surface area contributed by atoms with Gasteiger partial charge in [0.05, 0.1) is 24.3 Å². The van der Waals surface area contributed by atoms with Crippen molar-refractivity contribution in [1.29, 1.82) is 0 Å². The van der Waals surface area contributed by atoms with Crippen LogP contribution in [0.3, 0.4) is 0 Å². The van der Waals surface area contributed by atoms with Crippen LogP contribution in [0.4, 0.5) is 0 Å². The van der Waals surface area contributed by atoms with Gasteiger partial charge in [-0.05, 0) is 43.3 Å². The number of hydrogen-bond donors (Lipinski definition) is 0. The van der Waals surface area contributed by atoms with E-state index >= 15 is 0 Å². The Bertz CT molecular complexity index is 1140. The van der Waals surface area contributed by atoms with Crippen molar-refractivity contribution in [2.24, 2.45) is 0 Å². The van der Waals surface area contributed by atoms with Crippen LogP contribution in [0, 0.1) is 0 Å². The van der Waals surface area contributed by atoms with Crippen molar-refractivity contribution >= 4 is 44.9 Å². The van der Waals surface area contributed by atoms with Crippen LogP contribution in [0.2, 0.25) is 5.02 Å². The van der Waals surface area contributed by atoms with Gasteiger partial charge in [0.1, 0.15) is 4.83 Å². The zero-order valence-electron chi connectivity index (χ0n) is 17.5. The summed E-state index contributed by atoms with van der Waals surface area (Å²) in [5, 5.41) is 2.20. The quantitative estimate of drug-likeness (QED) is 0.415. The van der Waals surface area contributed by atoms with Gasteiger partial charge in [0.15, 0.2) is 5.16 Å². The van der Waals surface area contributed by atoms with Gasteiger partial charge in [-0.1, -0.05) is 23.4 Å². The number of halogens is 1. The van der Waals surface area contributed by atoms with Crippen molar-refractivity contribution in [1.82, 2.24) is 19.4 Å². The summed E-state index contributed by atoms with van der Waals surface area (Å²) in [7, 11) is 2.12. The van der Waals surface area contributed by atoms with E-state index in [2.05, 4.69) is 16.8 Å². The summed E-state index contributed by atoms with van der Waals surface area (Å²) < 4.78 is 7.21. The van der Waals surface area contributed by atoms with E-state index in [4.69, 9.17) is 21.3 Å². The van der Waals surface area contributed by atoms with Crippen molar-refractivity contribution in [3.63, 3.8) is 0 Å². The second kappa shape index (κ2) is 9.21. The lowest BCUT2D eigenvalue weighted by Crippen LogP contribution is -2.37. The number of benzene rings is 1. The predicted molar refractivity (Wildman–Crippen MR) is 128 cm³/mol. The van der Waals surface area contributed by atoms with E-state index in [1.807, 2.05) is 24.3 Å². The molecule has 6 nitrogen and oxygen atoms in total. The van der Waals surface area contributed by atoms with Crippen LogP contribution in [0.5, 0.6) is 0 Å². The molecule has 2 aliphatic rings. The molecule has 1 aromatic carbocycles. The molecule has 5 rings (SSSR count). The number of hydrogen-bond acceptors (Lipinski definition) is 7. The number of likely N-dealkylation sites (N-methyl/N-ethyl adjacent to an activating group) is 1. The first-order chi connectivity index (χ1) is 15.1. The molecule has 164 valence electrons. The number of ether oxygens (including phenoxy) is 1. The number of thiophene rings is 1. The van der Waals surface area contributed by atoms with Crippen molar-refractivity contribution in [3.8, 4) is 5.69 Å². The minimum atomic E-state index is 0.0308. The topological polar surface area (TPSA) is 50.6 Å². The molecule has 0 atom stereocenters. The Morgan fingerprint density at radius 2 is 1.97 bits per heavy atom. The van der Waals surface area contributed by atoms with Gasteiger partial charge in [-0.2, -0.15) is 0 Å². The third kappa shape index (κ3) is 4.42. The molecule has 4 heterocycles. The SMILES string of the molecule is CN1CCc2c(sc3nc(SCCN4CCOCC4)n(-c4ccc(Cl)cc4)c(=O)c23)C1. The van der Waals surface area contributed by atoms with Crippen LogP contribution in [0.15, 0.2) is 34.2 Å². The lowest BCUT2D eigenvalue weighted by Gasteiger charge is -2.26. The van der Waals surface area contributed by atoms with Gasteiger partial charge < -0.3 is 9.64 Å². The van der Waals surface area contributed by atoms with Crippen LogP contribution in [-0.2, 0) is 17.7 Å². The van der Waals surface area contributed by atoms with E-state index in [0.29, 0.717) is 5.02 Å². The number of nitrogens with zero attached hydrogens (tertiary/aromatic N) is 4. The van der Waals surface area contributed by atoms with Gasteiger partial charge in [-0.3, -0.25) is 14.3 Å². The minimum absolute atomic E-state index is 0.0308. The van der Waals surface area contributed by atoms with Crippen molar-refractivity contribution < 1.29 is 4.74 Å². The zero-order chi connectivity index (χ0) is 21.4. The summed E-state index contributed by atoms with van der Waals surface area (Å²) in [5.74, 6) is 0.874. The highest BCUT2D eigenvalue weighted by atomic mass is 35.5. The van der Waals surface area contributed by atoms with E-state index in [1.165, 1.54) is 10.4 Å². The molecular weight excluding hydrogens is 452 g/mol. The number of fused-ring (bicyclic) bond motifs is 3. The second-order valence-corrected chi connectivity index (χ2v) is 10.6. The molecule has 3 aromatic rings. The molecule has 0 radical (unpaired) electrons. The first-order valence-electron chi connectivity index (χ1n) is 10.5. The predicted octanol–water partition coefficient (Wildman–Crippen LogP) is 3.51. The molecule has 1 fully saturated rings. The first-order valence-corrected chi connectivity index (χ1v) is 12.7. The largest absolute Gasteiger partial charge is 0.379 e. The van der Waals surface area contributed by atoms with Gasteiger partial charge >= 0.3 is 0 Å². The smallest absolute Gasteiger partial charge is 0.267 e. The van der Waals surface area contributed by atoms with E-state index in [-0.39, 0.29) is 5.56 Å². The normalized spacial score (nSPS) is 17.9. The molecule has 0 N–H and O–H groups in total. The van der Waals surface area contributed by atoms with Gasteiger partial charge in [-0.15, -0.1) is 11.3 Å². The lowest BCUT2D eigenvalue weighted by molar-refractivity contribution is 0.0410. The van der Waals surface area contributed by atoms with Gasteiger partial charge in [0.2, 0.25) is 0 Å². The Morgan fingerprint density at radius 1 is 1.19 bits per heavy atom. The van der Waals surface area contributed by atoms with E-state index in [0.717, 1.165) is 79.2 Å². The van der Waals surface area contributed by atoms with Gasteiger partial charge in [-0.25, -0.2) is 4.98 Å². The fraction of sp³-hybridized carbons (Fsp3) is 0.455. The Morgan fingerprint density at radius 3 is 2.74 bits per heavy atom. The summed E-state index contributed by atoms with van der Waals surface area (Å²) in [6, 6.07) is 7.45. The number of rotatable bonds is 5. The standard InChI is InChI=1S/C22H25ClN4O2S2/c1-25-7-6-17-18(14-25)31-20-19(17)21(28)27(16-4-2-15(23)3-5-16)22(24-20)30-13-10-26-8-11-29-12-9-26/h2-5H,6-14H2,1H3. The molecular formula is C22H25ClN4O2S2. The van der Waals surface area contributed by atoms with Crippen molar-refractivity contribution in [2.75, 3.05) is 52.2 Å². The van der Waals surface area contributed by atoms with E-state index in [1.54, 1.807) is 27.7 Å². The van der Waals surface area contributed by atoms with Crippen LogP contribution < -0.4 is 5.56 Å². The Labute approximate surface area is 194 Å². The highest BCUT2D eigenvalue weighted by molar-refractivity contribution is 7.99. The first kappa shape index (κ1) is 21.4. The lowest BCUT2D eigenvalue weighted by atomic mass is 10.1. The molecule has 2 aliphatic heterocycles. The summed E-state index contributed by atoms with van der Waals surface area (Å²) in [4.78, 5) is 25.6. The summed E-state index contributed by atoms with van der Waals surface area (Å²) >= 11 is 9.43. The average molecular weight is 477 g/mol. The van der Waals surface area contributed by atoms with Crippen LogP contribution in [0.25, 0.3) is 15.9 Å². The molecule has 0 amide bonds. The Balaban J connectivity index is 1.54. The molecule has 0 saturated carbocycles. The highest BCUT2D eigenvalue weighted by Crippen LogP contribution is 2.34. The van der Waals surface area contributed by atoms with Crippen LogP contribution in [-0.4, -0.2) is 71.5 Å². The zero-order valence-corrected chi connectivity index (χ0v) is 19.9. The number of thioether (sulfide) groups is 1. The molecule has 0 aliphatic carbocycles. The molecule has 31 heavy (non-hydrogen) atoms. The molecule has 9 heteroatoms. The fourth-order valence-electron chi connectivity index (χ4n) is 4.16. The maximum Gasteiger partial charge on any atom is 0.267 e. The molecule has 2 aromatic heterocycles. The summed E-state index contributed by atoms with van der Waals surface area (Å²) in [6.07, 6.45) is 0.896. The maximum atomic E-state index is 13.8. The fourth-order valence-corrected chi connectivity index (χ4v) is 6.64. The molecule has 0 unspecified atom stereocenters. The van der Waals surface area contributed by atoms with Crippen LogP contribution in [0.1, 0.15) is 10.4 Å². The molecule has 1 saturated heterocycles. The Kier molecular flexibility index (Phi) is 6.37. The molecule has 0 spiro atoms. The van der Waals surface area contributed by atoms with E-state index in [9.17, 15) is 4.79 Å². The van der Waals surface area contributed by atoms with E-state index < -0.39 is 0 Å². The monoisotopic (exact) mass is 476 g/mol. The second-order valence-electron chi connectivity index (χ2n) is 7.99. The van der Waals surface area contributed by atoms with Crippen LogP contribution >= 0.6 is 34.7 Å². The minimum Gasteiger partial charge on any atom is -0.379 e. The summed E-state index contributed by atoms with van der Waals surface area (Å²) in [6.45, 7) is 6.31.